The van der Waals surface area contributed by atoms with E-state index >= 15 is 0 Å². The molecule has 1 fully saturated rings. The topological polar surface area (TPSA) is 34.1 Å². The minimum absolute atomic E-state index is 0.264. The van der Waals surface area contributed by atoms with Gasteiger partial charge in [-0.3, -0.25) is 0 Å². The fourth-order valence-corrected chi connectivity index (χ4v) is 4.46. The van der Waals surface area contributed by atoms with Crippen molar-refractivity contribution in [1.29, 1.82) is 0 Å². The van der Waals surface area contributed by atoms with Crippen LogP contribution >= 0.6 is 0 Å². The zero-order valence-electron chi connectivity index (χ0n) is 14.4. The first kappa shape index (κ1) is 14.8. The second kappa shape index (κ2) is 5.51. The highest BCUT2D eigenvalue weighted by Crippen LogP contribution is 2.51. The maximum Gasteiger partial charge on any atom is 0.198 e. The van der Waals surface area contributed by atoms with Gasteiger partial charge >= 0.3 is 0 Å². The van der Waals surface area contributed by atoms with Crippen LogP contribution in [-0.4, -0.2) is 23.6 Å². The Balaban J connectivity index is 1.59. The number of para-hydroxylation sites is 1. The highest BCUT2D eigenvalue weighted by Gasteiger charge is 2.51. The molecule has 0 bridgehead atoms. The van der Waals surface area contributed by atoms with E-state index in [0.29, 0.717) is 0 Å². The molecule has 0 N–H and O–H groups in total. The van der Waals surface area contributed by atoms with Gasteiger partial charge in [-0.1, -0.05) is 30.3 Å². The Morgan fingerprint density at radius 3 is 2.80 bits per heavy atom. The minimum atomic E-state index is -0.264. The fourth-order valence-electron chi connectivity index (χ4n) is 4.46. The van der Waals surface area contributed by atoms with Crippen molar-refractivity contribution in [3.8, 4) is 11.5 Å². The molecule has 0 radical (unpaired) electrons. The van der Waals surface area contributed by atoms with Crippen LogP contribution in [0.3, 0.4) is 0 Å². The maximum absolute atomic E-state index is 6.52. The van der Waals surface area contributed by atoms with Crippen LogP contribution in [0, 0.1) is 0 Å². The molecule has 0 saturated heterocycles. The van der Waals surface area contributed by atoms with Crippen molar-refractivity contribution >= 4 is 5.71 Å². The standard InChI is InChI=1S/C21H22N2O2/c1-24-16-8-6-7-15(13-16)18-14-19-17-9-2-3-10-20(17)25-21(23(19)22-18)11-4-5-12-21/h2-3,6-10,13,19H,4-5,11-12,14H2,1H3. The van der Waals surface area contributed by atoms with Gasteiger partial charge < -0.3 is 9.47 Å². The summed E-state index contributed by atoms with van der Waals surface area (Å²) in [5.74, 6) is 1.91. The van der Waals surface area contributed by atoms with Gasteiger partial charge in [-0.15, -0.1) is 0 Å². The van der Waals surface area contributed by atoms with Crippen LogP contribution in [0.1, 0.15) is 49.3 Å². The van der Waals surface area contributed by atoms with Gasteiger partial charge in [0.2, 0.25) is 0 Å². The summed E-state index contributed by atoms with van der Waals surface area (Å²) in [4.78, 5) is 0. The highest BCUT2D eigenvalue weighted by molar-refractivity contribution is 6.02. The number of ether oxygens (including phenoxy) is 2. The van der Waals surface area contributed by atoms with Crippen molar-refractivity contribution in [3.05, 3.63) is 59.7 Å². The Labute approximate surface area is 148 Å². The predicted molar refractivity (Wildman–Crippen MR) is 97.0 cm³/mol. The number of fused-ring (bicyclic) bond motifs is 4. The number of nitrogens with zero attached hydrogens (tertiary/aromatic N) is 2. The molecule has 1 saturated carbocycles. The number of hydrogen-bond donors (Lipinski definition) is 0. The molecule has 2 aromatic carbocycles. The third kappa shape index (κ3) is 2.24. The van der Waals surface area contributed by atoms with Gasteiger partial charge in [0.25, 0.3) is 0 Å². The largest absolute Gasteiger partial charge is 0.497 e. The SMILES string of the molecule is COc1cccc(C2=NN3C(C2)c2ccccc2OC32CCCC2)c1. The number of benzene rings is 2. The van der Waals surface area contributed by atoms with Gasteiger partial charge in [0.1, 0.15) is 11.5 Å². The van der Waals surface area contributed by atoms with E-state index in [1.54, 1.807) is 7.11 Å². The molecule has 5 rings (SSSR count). The van der Waals surface area contributed by atoms with Gasteiger partial charge in [0.15, 0.2) is 5.72 Å². The van der Waals surface area contributed by atoms with Gasteiger partial charge in [-0.2, -0.15) is 5.10 Å². The van der Waals surface area contributed by atoms with Crippen LogP contribution in [0.5, 0.6) is 11.5 Å². The first-order chi connectivity index (χ1) is 12.3. The molecule has 3 aliphatic rings. The van der Waals surface area contributed by atoms with E-state index in [9.17, 15) is 0 Å². The Kier molecular flexibility index (Phi) is 3.27. The van der Waals surface area contributed by atoms with Crippen molar-refractivity contribution in [1.82, 2.24) is 5.01 Å². The summed E-state index contributed by atoms with van der Waals surface area (Å²) >= 11 is 0. The molecule has 2 aliphatic heterocycles. The monoisotopic (exact) mass is 334 g/mol. The van der Waals surface area contributed by atoms with Crippen LogP contribution in [0.25, 0.3) is 0 Å². The lowest BCUT2D eigenvalue weighted by Gasteiger charge is -2.45. The van der Waals surface area contributed by atoms with Crippen LogP contribution < -0.4 is 9.47 Å². The summed E-state index contributed by atoms with van der Waals surface area (Å²) in [5, 5.41) is 7.32. The maximum atomic E-state index is 6.52. The Morgan fingerprint density at radius 2 is 1.96 bits per heavy atom. The molecule has 25 heavy (non-hydrogen) atoms. The van der Waals surface area contributed by atoms with Gasteiger partial charge in [0.05, 0.1) is 18.9 Å². The molecule has 1 unspecified atom stereocenters. The van der Waals surface area contributed by atoms with Crippen molar-refractivity contribution in [2.45, 2.75) is 43.9 Å². The zero-order valence-corrected chi connectivity index (χ0v) is 14.4. The fraction of sp³-hybridized carbons (Fsp3) is 0.381. The summed E-state index contributed by atoms with van der Waals surface area (Å²) in [6.45, 7) is 0. The number of hydrazone groups is 1. The lowest BCUT2D eigenvalue weighted by Crippen LogP contribution is -2.51. The number of methoxy groups -OCH3 is 1. The van der Waals surface area contributed by atoms with Crippen LogP contribution in [-0.2, 0) is 0 Å². The molecule has 1 atom stereocenters. The molecule has 2 heterocycles. The zero-order chi connectivity index (χ0) is 16.9. The van der Waals surface area contributed by atoms with Crippen molar-refractivity contribution in [2.75, 3.05) is 7.11 Å². The third-order valence-electron chi connectivity index (χ3n) is 5.69. The average molecular weight is 334 g/mol. The first-order valence-corrected chi connectivity index (χ1v) is 9.08. The van der Waals surface area contributed by atoms with E-state index < -0.39 is 0 Å². The van der Waals surface area contributed by atoms with Crippen LogP contribution in [0.2, 0.25) is 0 Å². The molecular weight excluding hydrogens is 312 g/mol. The molecule has 128 valence electrons. The van der Waals surface area contributed by atoms with E-state index in [0.717, 1.165) is 42.0 Å². The molecule has 1 spiro atoms. The number of hydrogen-bond acceptors (Lipinski definition) is 4. The normalized spacial score (nSPS) is 23.0. The minimum Gasteiger partial charge on any atom is -0.497 e. The lowest BCUT2D eigenvalue weighted by atomic mass is 9.94. The smallest absolute Gasteiger partial charge is 0.198 e. The molecular formula is C21H22N2O2. The summed E-state index contributed by atoms with van der Waals surface area (Å²) < 4.78 is 11.9. The Hall–Kier alpha value is -2.49. The second-order valence-electron chi connectivity index (χ2n) is 7.14. The lowest BCUT2D eigenvalue weighted by molar-refractivity contribution is -0.114. The molecule has 1 aliphatic carbocycles. The summed E-state index contributed by atoms with van der Waals surface area (Å²) in [7, 11) is 1.70. The first-order valence-electron chi connectivity index (χ1n) is 9.08. The summed E-state index contributed by atoms with van der Waals surface area (Å²) in [5.41, 5.74) is 3.25. The average Bonchev–Trinajstić information content (AvgIpc) is 3.30. The molecule has 4 nitrogen and oxygen atoms in total. The number of rotatable bonds is 2. The van der Waals surface area contributed by atoms with Crippen LogP contribution in [0.15, 0.2) is 53.6 Å². The highest BCUT2D eigenvalue weighted by atomic mass is 16.5. The van der Waals surface area contributed by atoms with Crippen molar-refractivity contribution in [2.24, 2.45) is 5.10 Å². The van der Waals surface area contributed by atoms with E-state index in [1.807, 2.05) is 12.1 Å². The van der Waals surface area contributed by atoms with E-state index in [-0.39, 0.29) is 11.8 Å². The summed E-state index contributed by atoms with van der Waals surface area (Å²) in [6.07, 6.45) is 5.42. The van der Waals surface area contributed by atoms with E-state index in [4.69, 9.17) is 14.6 Å². The molecule has 4 heteroatoms. The second-order valence-corrected chi connectivity index (χ2v) is 7.14. The van der Waals surface area contributed by atoms with Gasteiger partial charge in [-0.25, -0.2) is 5.01 Å². The van der Waals surface area contributed by atoms with Crippen molar-refractivity contribution in [3.63, 3.8) is 0 Å². The van der Waals surface area contributed by atoms with Crippen LogP contribution in [0.4, 0.5) is 0 Å². The molecule has 0 aromatic heterocycles. The third-order valence-corrected chi connectivity index (χ3v) is 5.69. The summed E-state index contributed by atoms with van der Waals surface area (Å²) in [6, 6.07) is 16.9. The quantitative estimate of drug-likeness (QED) is 0.810. The van der Waals surface area contributed by atoms with Gasteiger partial charge in [-0.05, 0) is 31.0 Å². The van der Waals surface area contributed by atoms with E-state index in [2.05, 4.69) is 41.4 Å². The predicted octanol–water partition coefficient (Wildman–Crippen LogP) is 4.51. The molecule has 0 amide bonds. The van der Waals surface area contributed by atoms with Crippen molar-refractivity contribution < 1.29 is 9.47 Å². The Morgan fingerprint density at radius 1 is 1.12 bits per heavy atom. The van der Waals surface area contributed by atoms with Gasteiger partial charge in [0, 0.05) is 30.4 Å². The Bertz CT molecular complexity index is 839. The van der Waals surface area contributed by atoms with E-state index in [1.165, 1.54) is 18.4 Å². The molecule has 2 aromatic rings.